The minimum Gasteiger partial charge on any atom is -0.256 e. The summed E-state index contributed by atoms with van der Waals surface area (Å²) in [6, 6.07) is 10.8. The van der Waals surface area contributed by atoms with Crippen LogP contribution in [0.15, 0.2) is 36.5 Å². The Labute approximate surface area is 110 Å². The van der Waals surface area contributed by atoms with Crippen LogP contribution in [0, 0.1) is 13.8 Å². The first-order valence-corrected chi connectivity index (χ1v) is 6.42. The molecule has 0 saturated carbocycles. The second-order valence-electron chi connectivity index (χ2n) is 6.00. The molecule has 0 aliphatic rings. The maximum atomic E-state index is 4.51. The lowest BCUT2D eigenvalue weighted by atomic mass is 9.86. The second kappa shape index (κ2) is 4.56. The van der Waals surface area contributed by atoms with Gasteiger partial charge in [-0.3, -0.25) is 4.98 Å². The zero-order valence-electron chi connectivity index (χ0n) is 11.9. The van der Waals surface area contributed by atoms with Crippen LogP contribution in [0.5, 0.6) is 0 Å². The number of rotatable bonds is 1. The van der Waals surface area contributed by atoms with E-state index < -0.39 is 0 Å². The van der Waals surface area contributed by atoms with E-state index in [1.807, 2.05) is 6.20 Å². The number of aryl methyl sites for hydroxylation is 2. The summed E-state index contributed by atoms with van der Waals surface area (Å²) in [6.45, 7) is 11.0. The molecule has 0 amide bonds. The van der Waals surface area contributed by atoms with Crippen LogP contribution in [0.3, 0.4) is 0 Å². The van der Waals surface area contributed by atoms with E-state index in [4.69, 9.17) is 0 Å². The van der Waals surface area contributed by atoms with Gasteiger partial charge < -0.3 is 0 Å². The monoisotopic (exact) mass is 239 g/mol. The van der Waals surface area contributed by atoms with Crippen LogP contribution < -0.4 is 0 Å². The van der Waals surface area contributed by atoms with Gasteiger partial charge in [0.05, 0.1) is 5.69 Å². The number of aromatic nitrogens is 1. The summed E-state index contributed by atoms with van der Waals surface area (Å²) < 4.78 is 0. The molecule has 18 heavy (non-hydrogen) atoms. The van der Waals surface area contributed by atoms with Gasteiger partial charge in [0.15, 0.2) is 0 Å². The molecule has 2 rings (SSSR count). The average molecular weight is 239 g/mol. The first kappa shape index (κ1) is 12.8. The fourth-order valence-electron chi connectivity index (χ4n) is 2.15. The summed E-state index contributed by atoms with van der Waals surface area (Å²) in [5.74, 6) is 0. The molecule has 1 nitrogen and oxygen atoms in total. The van der Waals surface area contributed by atoms with Crippen molar-refractivity contribution in [2.24, 2.45) is 0 Å². The van der Waals surface area contributed by atoms with Gasteiger partial charge in [-0.25, -0.2) is 0 Å². The Morgan fingerprint density at radius 2 is 1.67 bits per heavy atom. The predicted molar refractivity (Wildman–Crippen MR) is 77.8 cm³/mol. The molecule has 0 saturated heterocycles. The lowest BCUT2D eigenvalue weighted by Gasteiger charge is -2.19. The summed E-state index contributed by atoms with van der Waals surface area (Å²) in [5.41, 5.74) is 6.37. The molecule has 1 heterocycles. The molecule has 0 radical (unpaired) electrons. The van der Waals surface area contributed by atoms with E-state index in [2.05, 4.69) is 69.9 Å². The quantitative estimate of drug-likeness (QED) is 0.705. The van der Waals surface area contributed by atoms with Crippen molar-refractivity contribution in [3.63, 3.8) is 0 Å². The van der Waals surface area contributed by atoms with Gasteiger partial charge in [0, 0.05) is 11.8 Å². The van der Waals surface area contributed by atoms with Gasteiger partial charge in [0.25, 0.3) is 0 Å². The van der Waals surface area contributed by atoms with E-state index in [0.29, 0.717) is 0 Å². The van der Waals surface area contributed by atoms with Crippen LogP contribution in [0.1, 0.15) is 37.5 Å². The van der Waals surface area contributed by atoms with Gasteiger partial charge in [-0.15, -0.1) is 0 Å². The van der Waals surface area contributed by atoms with E-state index in [1.54, 1.807) is 0 Å². The maximum absolute atomic E-state index is 4.51. The average Bonchev–Trinajstić information content (AvgIpc) is 2.28. The van der Waals surface area contributed by atoms with Crippen LogP contribution in [0.2, 0.25) is 0 Å². The fourth-order valence-corrected chi connectivity index (χ4v) is 2.15. The Bertz CT molecular complexity index is 562. The predicted octanol–water partition coefficient (Wildman–Crippen LogP) is 4.66. The molecule has 0 unspecified atom stereocenters. The third-order valence-electron chi connectivity index (χ3n) is 3.28. The third-order valence-corrected chi connectivity index (χ3v) is 3.28. The van der Waals surface area contributed by atoms with Gasteiger partial charge in [-0.05, 0) is 42.5 Å². The Morgan fingerprint density at radius 3 is 2.28 bits per heavy atom. The zero-order valence-corrected chi connectivity index (χ0v) is 11.9. The molecule has 1 heteroatoms. The van der Waals surface area contributed by atoms with Crippen molar-refractivity contribution in [3.05, 3.63) is 53.2 Å². The van der Waals surface area contributed by atoms with Crippen LogP contribution in [0.4, 0.5) is 0 Å². The van der Waals surface area contributed by atoms with Gasteiger partial charge in [0.1, 0.15) is 0 Å². The molecule has 0 atom stereocenters. The lowest BCUT2D eigenvalue weighted by Crippen LogP contribution is -2.11. The van der Waals surface area contributed by atoms with Crippen LogP contribution in [-0.2, 0) is 5.41 Å². The molecule has 94 valence electrons. The van der Waals surface area contributed by atoms with E-state index in [0.717, 1.165) is 5.69 Å². The highest BCUT2D eigenvalue weighted by Crippen LogP contribution is 2.27. The Hall–Kier alpha value is -1.63. The molecule has 0 spiro atoms. The molecule has 1 aromatic carbocycles. The topological polar surface area (TPSA) is 12.9 Å². The lowest BCUT2D eigenvalue weighted by molar-refractivity contribution is 0.589. The molecule has 0 aliphatic heterocycles. The van der Waals surface area contributed by atoms with Crippen molar-refractivity contribution in [2.75, 3.05) is 0 Å². The summed E-state index contributed by atoms with van der Waals surface area (Å²) in [6.07, 6.45) is 1.91. The number of benzene rings is 1. The largest absolute Gasteiger partial charge is 0.256 e. The highest BCUT2D eigenvalue weighted by Gasteiger charge is 2.15. The summed E-state index contributed by atoms with van der Waals surface area (Å²) in [5, 5.41) is 0. The van der Waals surface area contributed by atoms with Gasteiger partial charge >= 0.3 is 0 Å². The van der Waals surface area contributed by atoms with Gasteiger partial charge in [-0.1, -0.05) is 44.5 Å². The minimum atomic E-state index is 0.163. The standard InChI is InChI=1S/C17H21N/c1-12-6-7-15(13(2)10-12)16-11-14(8-9-18-16)17(3,4)5/h6-11H,1-5H3. The normalized spacial score (nSPS) is 11.6. The molecule has 0 fully saturated rings. The Morgan fingerprint density at radius 1 is 0.944 bits per heavy atom. The third kappa shape index (κ3) is 2.61. The summed E-state index contributed by atoms with van der Waals surface area (Å²) >= 11 is 0. The molecule has 0 bridgehead atoms. The van der Waals surface area contributed by atoms with Gasteiger partial charge in [0.2, 0.25) is 0 Å². The Kier molecular flexibility index (Phi) is 3.25. The van der Waals surface area contributed by atoms with Crippen molar-refractivity contribution in [3.8, 4) is 11.3 Å². The van der Waals surface area contributed by atoms with Crippen LogP contribution in [-0.4, -0.2) is 4.98 Å². The maximum Gasteiger partial charge on any atom is 0.0707 e. The van der Waals surface area contributed by atoms with E-state index in [-0.39, 0.29) is 5.41 Å². The van der Waals surface area contributed by atoms with E-state index in [1.165, 1.54) is 22.3 Å². The van der Waals surface area contributed by atoms with Gasteiger partial charge in [-0.2, -0.15) is 0 Å². The fraction of sp³-hybridized carbons (Fsp3) is 0.353. The Balaban J connectivity index is 2.51. The van der Waals surface area contributed by atoms with Crippen LogP contribution in [0.25, 0.3) is 11.3 Å². The molecular weight excluding hydrogens is 218 g/mol. The number of nitrogens with zero attached hydrogens (tertiary/aromatic N) is 1. The minimum absolute atomic E-state index is 0.163. The second-order valence-corrected chi connectivity index (χ2v) is 6.00. The SMILES string of the molecule is Cc1ccc(-c2cc(C(C)(C)C)ccn2)c(C)c1. The summed E-state index contributed by atoms with van der Waals surface area (Å²) in [7, 11) is 0. The first-order chi connectivity index (χ1) is 8.38. The van der Waals surface area contributed by atoms with Crippen molar-refractivity contribution in [1.29, 1.82) is 0 Å². The smallest absolute Gasteiger partial charge is 0.0707 e. The highest BCUT2D eigenvalue weighted by molar-refractivity contribution is 5.64. The number of pyridine rings is 1. The molecule has 1 aromatic heterocycles. The zero-order chi connectivity index (χ0) is 13.3. The first-order valence-electron chi connectivity index (χ1n) is 6.42. The molecular formula is C17H21N. The molecule has 2 aromatic rings. The molecule has 0 N–H and O–H groups in total. The van der Waals surface area contributed by atoms with Crippen LogP contribution >= 0.6 is 0 Å². The number of hydrogen-bond acceptors (Lipinski definition) is 1. The van der Waals surface area contributed by atoms with Crippen molar-refractivity contribution < 1.29 is 0 Å². The number of hydrogen-bond donors (Lipinski definition) is 0. The van der Waals surface area contributed by atoms with Crippen molar-refractivity contribution >= 4 is 0 Å². The molecule has 0 aliphatic carbocycles. The highest BCUT2D eigenvalue weighted by atomic mass is 14.7. The van der Waals surface area contributed by atoms with Crippen molar-refractivity contribution in [2.45, 2.75) is 40.0 Å². The van der Waals surface area contributed by atoms with Crippen molar-refractivity contribution in [1.82, 2.24) is 4.98 Å². The van der Waals surface area contributed by atoms with E-state index >= 15 is 0 Å². The van der Waals surface area contributed by atoms with E-state index in [9.17, 15) is 0 Å². The summed E-state index contributed by atoms with van der Waals surface area (Å²) in [4.78, 5) is 4.51.